The Bertz CT molecular complexity index is 957. The van der Waals surface area contributed by atoms with Crippen molar-refractivity contribution in [2.24, 2.45) is 0 Å². The fraction of sp³-hybridized carbons (Fsp3) is 0.200. The van der Waals surface area contributed by atoms with Gasteiger partial charge in [-0.25, -0.2) is 4.98 Å². The summed E-state index contributed by atoms with van der Waals surface area (Å²) < 4.78 is 2.20. The lowest BCUT2D eigenvalue weighted by Crippen LogP contribution is -2.13. The molecule has 4 rings (SSSR count). The Hall–Kier alpha value is -2.30. The molecule has 0 atom stereocenters. The van der Waals surface area contributed by atoms with Gasteiger partial charge in [0, 0.05) is 29.7 Å². The lowest BCUT2D eigenvalue weighted by atomic mass is 10.1. The summed E-state index contributed by atoms with van der Waals surface area (Å²) in [5.74, 6) is 0.805. The number of hydrogen-bond donors (Lipinski definition) is 1. The monoisotopic (exact) mass is 385 g/mol. The average molecular weight is 386 g/mol. The van der Waals surface area contributed by atoms with E-state index >= 15 is 0 Å². The second kappa shape index (κ2) is 7.14. The maximum absolute atomic E-state index is 12.7. The molecular weight excluding hydrogens is 369 g/mol. The molecular formula is C20H17Cl2N3O. The molecule has 3 aromatic rings. The van der Waals surface area contributed by atoms with Gasteiger partial charge in [-0.05, 0) is 37.1 Å². The van der Waals surface area contributed by atoms with Crippen LogP contribution in [-0.4, -0.2) is 15.5 Å². The first kappa shape index (κ1) is 17.1. The van der Waals surface area contributed by atoms with Crippen LogP contribution in [0.15, 0.2) is 48.7 Å². The van der Waals surface area contributed by atoms with E-state index < -0.39 is 0 Å². The normalized spacial score (nSPS) is 13.3. The van der Waals surface area contributed by atoms with Crippen molar-refractivity contribution in [2.75, 3.05) is 5.32 Å². The molecule has 0 fully saturated rings. The van der Waals surface area contributed by atoms with Crippen molar-refractivity contribution in [1.29, 1.82) is 0 Å². The quantitative estimate of drug-likeness (QED) is 0.651. The van der Waals surface area contributed by atoms with Crippen LogP contribution in [0.5, 0.6) is 0 Å². The van der Waals surface area contributed by atoms with Gasteiger partial charge in [-0.2, -0.15) is 0 Å². The van der Waals surface area contributed by atoms with Gasteiger partial charge in [0.1, 0.15) is 5.82 Å². The molecule has 0 saturated heterocycles. The summed E-state index contributed by atoms with van der Waals surface area (Å²) in [7, 11) is 0. The highest BCUT2D eigenvalue weighted by Crippen LogP contribution is 2.30. The van der Waals surface area contributed by atoms with Crippen LogP contribution in [0.25, 0.3) is 11.3 Å². The summed E-state index contributed by atoms with van der Waals surface area (Å²) in [6.45, 7) is 0.995. The SMILES string of the molecule is O=C(Nc1ccccc1-c1cn2c(n1)CCCC2)c1cc(Cl)ccc1Cl. The Morgan fingerprint density at radius 3 is 2.81 bits per heavy atom. The fourth-order valence-electron chi connectivity index (χ4n) is 3.22. The summed E-state index contributed by atoms with van der Waals surface area (Å²) in [6, 6.07) is 12.5. The first-order valence-electron chi connectivity index (χ1n) is 8.53. The molecule has 1 aliphatic rings. The van der Waals surface area contributed by atoms with Crippen LogP contribution in [0.4, 0.5) is 5.69 Å². The van der Waals surface area contributed by atoms with E-state index in [0.717, 1.165) is 30.0 Å². The second-order valence-corrected chi connectivity index (χ2v) is 7.16. The predicted molar refractivity (Wildman–Crippen MR) is 105 cm³/mol. The average Bonchev–Trinajstić information content (AvgIpc) is 3.08. The molecule has 2 aromatic carbocycles. The van der Waals surface area contributed by atoms with Gasteiger partial charge in [0.25, 0.3) is 5.91 Å². The van der Waals surface area contributed by atoms with Crippen molar-refractivity contribution in [2.45, 2.75) is 25.8 Å². The number of carbonyl (C=O) groups is 1. The molecule has 0 spiro atoms. The van der Waals surface area contributed by atoms with Gasteiger partial charge in [0.05, 0.1) is 22.0 Å². The topological polar surface area (TPSA) is 46.9 Å². The number of anilines is 1. The molecule has 0 unspecified atom stereocenters. The zero-order valence-electron chi connectivity index (χ0n) is 14.0. The van der Waals surface area contributed by atoms with Crippen LogP contribution in [0.2, 0.25) is 10.0 Å². The van der Waals surface area contributed by atoms with Gasteiger partial charge >= 0.3 is 0 Å². The van der Waals surface area contributed by atoms with Crippen molar-refractivity contribution in [3.8, 4) is 11.3 Å². The summed E-state index contributed by atoms with van der Waals surface area (Å²) >= 11 is 12.1. The number of rotatable bonds is 3. The van der Waals surface area contributed by atoms with Crippen LogP contribution in [0, 0.1) is 0 Å². The van der Waals surface area contributed by atoms with E-state index in [4.69, 9.17) is 28.2 Å². The van der Waals surface area contributed by atoms with Gasteiger partial charge in [-0.1, -0.05) is 41.4 Å². The Balaban J connectivity index is 1.67. The Morgan fingerprint density at radius 2 is 1.96 bits per heavy atom. The predicted octanol–water partition coefficient (Wildman–Crippen LogP) is 5.45. The minimum absolute atomic E-state index is 0.297. The minimum Gasteiger partial charge on any atom is -0.334 e. The highest BCUT2D eigenvalue weighted by Gasteiger charge is 2.17. The Morgan fingerprint density at radius 1 is 1.12 bits per heavy atom. The van der Waals surface area contributed by atoms with Crippen LogP contribution in [0.3, 0.4) is 0 Å². The van der Waals surface area contributed by atoms with Crippen molar-refractivity contribution in [3.05, 3.63) is 70.1 Å². The molecule has 26 heavy (non-hydrogen) atoms. The van der Waals surface area contributed by atoms with Crippen LogP contribution in [0.1, 0.15) is 29.0 Å². The maximum atomic E-state index is 12.7. The number of fused-ring (bicyclic) bond motifs is 1. The first-order valence-corrected chi connectivity index (χ1v) is 9.29. The van der Waals surface area contributed by atoms with Crippen molar-refractivity contribution < 1.29 is 4.79 Å². The fourth-order valence-corrected chi connectivity index (χ4v) is 3.59. The third kappa shape index (κ3) is 3.35. The summed E-state index contributed by atoms with van der Waals surface area (Å²) in [5, 5.41) is 3.77. The molecule has 0 radical (unpaired) electrons. The number of carbonyl (C=O) groups excluding carboxylic acids is 1. The maximum Gasteiger partial charge on any atom is 0.257 e. The van der Waals surface area contributed by atoms with Crippen molar-refractivity contribution in [3.63, 3.8) is 0 Å². The van der Waals surface area contributed by atoms with E-state index in [9.17, 15) is 4.79 Å². The Labute approximate surface area is 161 Å². The number of nitrogens with zero attached hydrogens (tertiary/aromatic N) is 2. The largest absolute Gasteiger partial charge is 0.334 e. The van der Waals surface area contributed by atoms with Crippen molar-refractivity contribution in [1.82, 2.24) is 9.55 Å². The lowest BCUT2D eigenvalue weighted by molar-refractivity contribution is 0.102. The van der Waals surface area contributed by atoms with E-state index in [1.54, 1.807) is 18.2 Å². The van der Waals surface area contributed by atoms with Gasteiger partial charge in [-0.3, -0.25) is 4.79 Å². The third-order valence-electron chi connectivity index (χ3n) is 4.53. The van der Waals surface area contributed by atoms with Gasteiger partial charge < -0.3 is 9.88 Å². The van der Waals surface area contributed by atoms with Crippen LogP contribution >= 0.6 is 23.2 Å². The van der Waals surface area contributed by atoms with Crippen LogP contribution < -0.4 is 5.32 Å². The molecule has 2 heterocycles. The molecule has 0 saturated carbocycles. The number of amides is 1. The van der Waals surface area contributed by atoms with E-state index in [-0.39, 0.29) is 5.91 Å². The third-order valence-corrected chi connectivity index (χ3v) is 5.10. The molecule has 4 nitrogen and oxygen atoms in total. The van der Waals surface area contributed by atoms with Crippen LogP contribution in [-0.2, 0) is 13.0 Å². The van der Waals surface area contributed by atoms with Gasteiger partial charge in [0.15, 0.2) is 0 Å². The molecule has 1 aliphatic heterocycles. The molecule has 1 N–H and O–H groups in total. The van der Waals surface area contributed by atoms with Gasteiger partial charge in [0.2, 0.25) is 0 Å². The van der Waals surface area contributed by atoms with Crippen molar-refractivity contribution >= 4 is 34.8 Å². The summed E-state index contributed by atoms with van der Waals surface area (Å²) in [5.41, 5.74) is 2.80. The standard InChI is InChI=1S/C20H17Cl2N3O/c21-13-8-9-16(22)15(11-13)20(26)24-17-6-2-1-5-14(17)18-12-25-10-4-3-7-19(25)23-18/h1-2,5-6,8-9,11-12H,3-4,7,10H2,(H,24,26). The second-order valence-electron chi connectivity index (χ2n) is 6.32. The molecule has 132 valence electrons. The van der Waals surface area contributed by atoms with E-state index in [2.05, 4.69) is 16.1 Å². The number of aromatic nitrogens is 2. The van der Waals surface area contributed by atoms with E-state index in [1.165, 1.54) is 12.8 Å². The molecule has 0 bridgehead atoms. The molecule has 1 amide bonds. The minimum atomic E-state index is -0.297. The first-order chi connectivity index (χ1) is 12.6. The summed E-state index contributed by atoms with van der Waals surface area (Å²) in [4.78, 5) is 17.4. The molecule has 1 aromatic heterocycles. The number of nitrogens with one attached hydrogen (secondary N) is 1. The zero-order chi connectivity index (χ0) is 18.1. The number of halogens is 2. The number of hydrogen-bond acceptors (Lipinski definition) is 2. The lowest BCUT2D eigenvalue weighted by Gasteiger charge is -2.11. The van der Waals surface area contributed by atoms with Gasteiger partial charge in [-0.15, -0.1) is 0 Å². The highest BCUT2D eigenvalue weighted by atomic mass is 35.5. The number of aryl methyl sites for hydroxylation is 2. The summed E-state index contributed by atoms with van der Waals surface area (Å²) in [6.07, 6.45) is 5.40. The number of para-hydroxylation sites is 1. The van der Waals surface area contributed by atoms with E-state index in [1.807, 2.05) is 24.3 Å². The zero-order valence-corrected chi connectivity index (χ0v) is 15.5. The smallest absolute Gasteiger partial charge is 0.257 e. The Kier molecular flexibility index (Phi) is 4.70. The highest BCUT2D eigenvalue weighted by molar-refractivity contribution is 6.36. The number of imidazole rings is 1. The number of benzene rings is 2. The molecule has 0 aliphatic carbocycles. The molecule has 6 heteroatoms. The van der Waals surface area contributed by atoms with E-state index in [0.29, 0.717) is 21.3 Å².